The van der Waals surface area contributed by atoms with Crippen molar-refractivity contribution in [2.24, 2.45) is 12.1 Å². The molecule has 31 heavy (non-hydrogen) atoms. The molecule has 0 unspecified atom stereocenters. The Kier molecular flexibility index (Phi) is 4.59. The van der Waals surface area contributed by atoms with Crippen LogP contribution in [-0.4, -0.2) is 25.7 Å². The van der Waals surface area contributed by atoms with Gasteiger partial charge in [-0.05, 0) is 58.5 Å². The number of nitrogens with zero attached hydrogens (tertiary/aromatic N) is 4. The molecule has 0 N–H and O–H groups in total. The van der Waals surface area contributed by atoms with E-state index in [1.807, 2.05) is 63.0 Å². The molecule has 0 aliphatic carbocycles. The van der Waals surface area contributed by atoms with Gasteiger partial charge in [0, 0.05) is 25.2 Å². The number of carbonyl (C=O) groups excluding carboxylic acids is 1. The topological polar surface area (TPSA) is 39.8 Å². The van der Waals surface area contributed by atoms with Gasteiger partial charge in [0.25, 0.3) is 0 Å². The number of hydrogen-bond donors (Lipinski definition) is 0. The SMILES string of the molecule is CC1=NN(c2sc3ccccc3[n+]2C)C(=O)/C1=C/c1ccc(N(C)C)c2ccccc12. The Bertz CT molecular complexity index is 1410. The average molecular weight is 428 g/mol. The molecule has 0 saturated heterocycles. The van der Waals surface area contributed by atoms with Gasteiger partial charge in [0.1, 0.15) is 5.52 Å². The molecular weight excluding hydrogens is 404 g/mol. The van der Waals surface area contributed by atoms with Gasteiger partial charge in [-0.15, -0.1) is 0 Å². The standard InChI is InChI=1S/C25H23N4OS/c1-16-20(15-17-13-14-21(27(2)3)19-10-6-5-9-18(17)19)24(30)29(26-16)25-28(4)22-11-7-8-12-23(22)31-25/h5-15H,1-4H3/q+1/b20-15+. The van der Waals surface area contributed by atoms with E-state index in [9.17, 15) is 4.79 Å². The number of para-hydroxylation sites is 1. The third-order valence-electron chi connectivity index (χ3n) is 5.67. The number of amides is 1. The highest BCUT2D eigenvalue weighted by Gasteiger charge is 2.39. The van der Waals surface area contributed by atoms with Crippen molar-refractivity contribution in [1.82, 2.24) is 0 Å². The molecular formula is C25H23N4OS+. The van der Waals surface area contributed by atoms with E-state index in [1.165, 1.54) is 5.01 Å². The number of hydrazone groups is 1. The van der Waals surface area contributed by atoms with Crippen LogP contribution in [0.1, 0.15) is 12.5 Å². The lowest BCUT2D eigenvalue weighted by atomic mass is 9.99. The van der Waals surface area contributed by atoms with E-state index < -0.39 is 0 Å². The van der Waals surface area contributed by atoms with E-state index in [0.29, 0.717) is 5.57 Å². The Labute approximate surface area is 185 Å². The summed E-state index contributed by atoms with van der Waals surface area (Å²) < 4.78 is 3.15. The first-order chi connectivity index (χ1) is 15.0. The number of rotatable bonds is 3. The number of thiazole rings is 1. The zero-order valence-corrected chi connectivity index (χ0v) is 18.8. The van der Waals surface area contributed by atoms with Crippen LogP contribution in [-0.2, 0) is 11.8 Å². The number of hydrogen-bond acceptors (Lipinski definition) is 4. The minimum absolute atomic E-state index is 0.0968. The average Bonchev–Trinajstić information content (AvgIpc) is 3.25. The van der Waals surface area contributed by atoms with Crippen LogP contribution in [0.3, 0.4) is 0 Å². The quantitative estimate of drug-likeness (QED) is 0.350. The molecule has 0 bridgehead atoms. The van der Waals surface area contributed by atoms with Crippen LogP contribution in [0.4, 0.5) is 10.8 Å². The summed E-state index contributed by atoms with van der Waals surface area (Å²) >= 11 is 1.57. The van der Waals surface area contributed by atoms with Gasteiger partial charge in [0.05, 0.1) is 23.0 Å². The predicted molar refractivity (Wildman–Crippen MR) is 130 cm³/mol. The number of fused-ring (bicyclic) bond motifs is 2. The molecule has 0 saturated carbocycles. The summed E-state index contributed by atoms with van der Waals surface area (Å²) in [5.41, 5.74) is 4.61. The monoisotopic (exact) mass is 427 g/mol. The molecule has 1 aliphatic rings. The normalized spacial score (nSPS) is 15.4. The van der Waals surface area contributed by atoms with Gasteiger partial charge < -0.3 is 4.90 Å². The van der Waals surface area contributed by atoms with Gasteiger partial charge in [-0.2, -0.15) is 0 Å². The Morgan fingerprint density at radius 1 is 1.00 bits per heavy atom. The van der Waals surface area contributed by atoms with Gasteiger partial charge in [-0.1, -0.05) is 47.6 Å². The van der Waals surface area contributed by atoms with Crippen molar-refractivity contribution in [2.45, 2.75) is 6.92 Å². The van der Waals surface area contributed by atoms with Crippen molar-refractivity contribution in [3.63, 3.8) is 0 Å². The van der Waals surface area contributed by atoms with Crippen LogP contribution in [0, 0.1) is 0 Å². The van der Waals surface area contributed by atoms with Gasteiger partial charge in [0.15, 0.2) is 0 Å². The second-order valence-corrected chi connectivity index (χ2v) is 8.89. The lowest BCUT2D eigenvalue weighted by Gasteiger charge is -2.16. The summed E-state index contributed by atoms with van der Waals surface area (Å²) in [6, 6.07) is 20.6. The fraction of sp³-hybridized carbons (Fsp3) is 0.160. The van der Waals surface area contributed by atoms with E-state index in [1.54, 1.807) is 11.3 Å². The van der Waals surface area contributed by atoms with Crippen LogP contribution in [0.2, 0.25) is 0 Å². The molecule has 0 fully saturated rings. The molecule has 5 rings (SSSR count). The first-order valence-corrected chi connectivity index (χ1v) is 11.0. The van der Waals surface area contributed by atoms with Gasteiger partial charge in [-0.3, -0.25) is 0 Å². The number of benzene rings is 3. The zero-order chi connectivity index (χ0) is 21.7. The Hall–Kier alpha value is -3.51. The number of aromatic nitrogens is 1. The third kappa shape index (κ3) is 3.11. The maximum Gasteiger partial charge on any atom is 0.370 e. The molecule has 1 aromatic heterocycles. The summed E-state index contributed by atoms with van der Waals surface area (Å²) in [7, 11) is 6.06. The fourth-order valence-corrected chi connectivity index (χ4v) is 5.17. The first-order valence-electron chi connectivity index (χ1n) is 10.1. The molecule has 4 aromatic rings. The highest BCUT2D eigenvalue weighted by atomic mass is 32.1. The van der Waals surface area contributed by atoms with Crippen LogP contribution < -0.4 is 14.5 Å². The minimum atomic E-state index is -0.0968. The maximum atomic E-state index is 13.4. The highest BCUT2D eigenvalue weighted by Crippen LogP contribution is 2.33. The minimum Gasteiger partial charge on any atom is -0.377 e. The highest BCUT2D eigenvalue weighted by molar-refractivity contribution is 7.21. The molecule has 0 radical (unpaired) electrons. The predicted octanol–water partition coefficient (Wildman–Crippen LogP) is 4.75. The third-order valence-corrected chi connectivity index (χ3v) is 6.87. The van der Waals surface area contributed by atoms with Crippen LogP contribution in [0.5, 0.6) is 0 Å². The fourth-order valence-electron chi connectivity index (χ4n) is 4.07. The maximum absolute atomic E-state index is 13.4. The molecule has 154 valence electrons. The lowest BCUT2D eigenvalue weighted by Crippen LogP contribution is -2.36. The van der Waals surface area contributed by atoms with Gasteiger partial charge in [0.2, 0.25) is 0 Å². The summed E-state index contributed by atoms with van der Waals surface area (Å²) in [5, 5.41) is 9.23. The molecule has 5 nitrogen and oxygen atoms in total. The molecule has 1 amide bonds. The molecule has 6 heteroatoms. The second kappa shape index (κ2) is 7.32. The molecule has 3 aromatic carbocycles. The van der Waals surface area contributed by atoms with E-state index >= 15 is 0 Å². The van der Waals surface area contributed by atoms with Crippen LogP contribution >= 0.6 is 11.3 Å². The molecule has 2 heterocycles. The van der Waals surface area contributed by atoms with Crippen molar-refractivity contribution in [3.8, 4) is 0 Å². The van der Waals surface area contributed by atoms with Crippen molar-refractivity contribution in [3.05, 3.63) is 71.8 Å². The smallest absolute Gasteiger partial charge is 0.370 e. The largest absolute Gasteiger partial charge is 0.377 e. The molecule has 0 spiro atoms. The van der Waals surface area contributed by atoms with Crippen LogP contribution in [0.15, 0.2) is 71.3 Å². The summed E-state index contributed by atoms with van der Waals surface area (Å²) in [6.45, 7) is 1.90. The zero-order valence-electron chi connectivity index (χ0n) is 18.0. The van der Waals surface area contributed by atoms with E-state index in [2.05, 4.69) is 46.4 Å². The number of carbonyl (C=O) groups is 1. The number of aryl methyl sites for hydroxylation is 1. The van der Waals surface area contributed by atoms with E-state index in [0.717, 1.165) is 43.1 Å². The van der Waals surface area contributed by atoms with E-state index in [-0.39, 0.29) is 5.91 Å². The van der Waals surface area contributed by atoms with E-state index in [4.69, 9.17) is 0 Å². The molecule has 1 aliphatic heterocycles. The number of anilines is 2. The summed E-state index contributed by atoms with van der Waals surface area (Å²) in [5.74, 6) is -0.0968. The van der Waals surface area contributed by atoms with Crippen molar-refractivity contribution in [2.75, 3.05) is 24.0 Å². The Morgan fingerprint density at radius 2 is 1.71 bits per heavy atom. The van der Waals surface area contributed by atoms with Crippen LogP contribution in [0.25, 0.3) is 27.1 Å². The summed E-state index contributed by atoms with van der Waals surface area (Å²) in [6.07, 6.45) is 1.97. The van der Waals surface area contributed by atoms with Gasteiger partial charge >= 0.3 is 11.0 Å². The summed E-state index contributed by atoms with van der Waals surface area (Å²) in [4.78, 5) is 15.5. The van der Waals surface area contributed by atoms with Crippen molar-refractivity contribution >= 4 is 60.8 Å². The lowest BCUT2D eigenvalue weighted by molar-refractivity contribution is -0.627. The molecule has 0 atom stereocenters. The Morgan fingerprint density at radius 3 is 2.45 bits per heavy atom. The van der Waals surface area contributed by atoms with Gasteiger partial charge in [-0.25, -0.2) is 9.36 Å². The van der Waals surface area contributed by atoms with Crippen molar-refractivity contribution < 1.29 is 9.36 Å². The first kappa shape index (κ1) is 19.5. The second-order valence-electron chi connectivity index (χ2n) is 7.89. The van der Waals surface area contributed by atoms with Crippen molar-refractivity contribution in [1.29, 1.82) is 0 Å². The Balaban J connectivity index is 1.60.